The first kappa shape index (κ1) is 22.7. The predicted molar refractivity (Wildman–Crippen MR) is 124 cm³/mol. The lowest BCUT2D eigenvalue weighted by atomic mass is 9.97. The van der Waals surface area contributed by atoms with E-state index in [4.69, 9.17) is 18.9 Å². The molecule has 2 amide bonds. The van der Waals surface area contributed by atoms with Crippen molar-refractivity contribution in [2.45, 2.75) is 25.7 Å². The van der Waals surface area contributed by atoms with Crippen LogP contribution in [0.3, 0.4) is 0 Å². The zero-order valence-electron chi connectivity index (χ0n) is 19.2. The highest BCUT2D eigenvalue weighted by Gasteiger charge is 2.30. The minimum Gasteiger partial charge on any atom is -0.497 e. The van der Waals surface area contributed by atoms with Crippen molar-refractivity contribution in [3.05, 3.63) is 54.4 Å². The molecule has 8 heteroatoms. The molecular formula is C25H29N3O5. The second-order valence-electron chi connectivity index (χ2n) is 7.92. The third kappa shape index (κ3) is 4.66. The minimum atomic E-state index is -0.364. The summed E-state index contributed by atoms with van der Waals surface area (Å²) in [4.78, 5) is 18.8. The molecule has 0 radical (unpaired) electrons. The molecule has 0 saturated carbocycles. The van der Waals surface area contributed by atoms with E-state index in [1.165, 1.54) is 0 Å². The fourth-order valence-corrected chi connectivity index (χ4v) is 4.09. The van der Waals surface area contributed by atoms with Gasteiger partial charge in [-0.1, -0.05) is 12.1 Å². The SMILES string of the molecule is CCN(O)C(=O)N1CCC(c2nc(-c3ccccc3OC)c(-c3ccc(OC)cc3)o2)CC1. The van der Waals surface area contributed by atoms with E-state index in [9.17, 15) is 10.0 Å². The molecule has 1 N–H and O–H groups in total. The highest BCUT2D eigenvalue weighted by atomic mass is 16.5. The maximum Gasteiger partial charge on any atom is 0.343 e. The lowest BCUT2D eigenvalue weighted by molar-refractivity contribution is -0.0543. The molecule has 8 nitrogen and oxygen atoms in total. The van der Waals surface area contributed by atoms with Crippen molar-refractivity contribution in [2.75, 3.05) is 33.9 Å². The highest BCUT2D eigenvalue weighted by Crippen LogP contribution is 2.40. The summed E-state index contributed by atoms with van der Waals surface area (Å²) in [6.07, 6.45) is 1.41. The van der Waals surface area contributed by atoms with Gasteiger partial charge < -0.3 is 18.8 Å². The first-order chi connectivity index (χ1) is 16.0. The number of amides is 2. The number of methoxy groups -OCH3 is 2. The number of rotatable bonds is 6. The molecule has 0 unspecified atom stereocenters. The fourth-order valence-electron chi connectivity index (χ4n) is 4.09. The van der Waals surface area contributed by atoms with E-state index in [-0.39, 0.29) is 18.5 Å². The number of urea groups is 1. The topological polar surface area (TPSA) is 88.3 Å². The molecule has 2 heterocycles. The average molecular weight is 452 g/mol. The second-order valence-corrected chi connectivity index (χ2v) is 7.92. The highest BCUT2D eigenvalue weighted by molar-refractivity contribution is 5.80. The molecule has 33 heavy (non-hydrogen) atoms. The maximum absolute atomic E-state index is 12.3. The van der Waals surface area contributed by atoms with Gasteiger partial charge in [-0.25, -0.2) is 14.8 Å². The number of nitrogens with zero attached hydrogens (tertiary/aromatic N) is 3. The molecule has 1 saturated heterocycles. The number of piperidine rings is 1. The van der Waals surface area contributed by atoms with Crippen molar-refractivity contribution in [1.82, 2.24) is 14.9 Å². The average Bonchev–Trinajstić information content (AvgIpc) is 3.33. The Labute approximate surface area is 193 Å². The largest absolute Gasteiger partial charge is 0.497 e. The van der Waals surface area contributed by atoms with Crippen molar-refractivity contribution in [1.29, 1.82) is 0 Å². The number of aromatic nitrogens is 1. The summed E-state index contributed by atoms with van der Waals surface area (Å²) in [5.74, 6) is 2.87. The number of carbonyl (C=O) groups is 1. The van der Waals surface area contributed by atoms with Crippen molar-refractivity contribution in [3.8, 4) is 34.1 Å². The molecule has 0 bridgehead atoms. The van der Waals surface area contributed by atoms with Gasteiger partial charge in [0, 0.05) is 36.7 Å². The van der Waals surface area contributed by atoms with Crippen LogP contribution in [0.5, 0.6) is 11.5 Å². The van der Waals surface area contributed by atoms with Crippen LogP contribution in [0.15, 0.2) is 52.9 Å². The smallest absolute Gasteiger partial charge is 0.343 e. The monoisotopic (exact) mass is 451 g/mol. The van der Waals surface area contributed by atoms with Crippen LogP contribution in [0.4, 0.5) is 4.79 Å². The third-order valence-electron chi connectivity index (χ3n) is 5.99. The molecule has 2 aromatic carbocycles. The van der Waals surface area contributed by atoms with E-state index in [0.29, 0.717) is 37.6 Å². The molecule has 0 spiro atoms. The number of oxazole rings is 1. The van der Waals surface area contributed by atoms with Crippen LogP contribution in [0.25, 0.3) is 22.6 Å². The Bertz CT molecular complexity index is 1090. The van der Waals surface area contributed by atoms with Gasteiger partial charge in [-0.05, 0) is 56.2 Å². The number of hydroxylamine groups is 2. The Morgan fingerprint density at radius 2 is 1.82 bits per heavy atom. The van der Waals surface area contributed by atoms with Crippen molar-refractivity contribution < 1.29 is 23.9 Å². The van der Waals surface area contributed by atoms with Gasteiger partial charge >= 0.3 is 6.03 Å². The first-order valence-corrected chi connectivity index (χ1v) is 11.1. The molecule has 4 rings (SSSR count). The lowest BCUT2D eigenvalue weighted by Crippen LogP contribution is -2.45. The summed E-state index contributed by atoms with van der Waals surface area (Å²) in [6.45, 7) is 3.05. The molecule has 0 aliphatic carbocycles. The summed E-state index contributed by atoms with van der Waals surface area (Å²) < 4.78 is 17.2. The van der Waals surface area contributed by atoms with Gasteiger partial charge in [0.1, 0.15) is 17.2 Å². The Hall–Kier alpha value is -3.52. The van der Waals surface area contributed by atoms with E-state index in [1.807, 2.05) is 48.5 Å². The van der Waals surface area contributed by atoms with Gasteiger partial charge in [-0.15, -0.1) is 0 Å². The summed E-state index contributed by atoms with van der Waals surface area (Å²) in [5, 5.41) is 10.5. The lowest BCUT2D eigenvalue weighted by Gasteiger charge is -2.32. The van der Waals surface area contributed by atoms with Crippen LogP contribution in [0.2, 0.25) is 0 Å². The van der Waals surface area contributed by atoms with E-state index in [1.54, 1.807) is 26.0 Å². The zero-order chi connectivity index (χ0) is 23.4. The quantitative estimate of drug-likeness (QED) is 0.417. The number of ether oxygens (including phenoxy) is 2. The minimum absolute atomic E-state index is 0.0725. The Balaban J connectivity index is 1.66. The summed E-state index contributed by atoms with van der Waals surface area (Å²) in [5.41, 5.74) is 2.47. The normalized spacial score (nSPS) is 14.2. The summed E-state index contributed by atoms with van der Waals surface area (Å²) >= 11 is 0. The predicted octanol–water partition coefficient (Wildman–Crippen LogP) is 5.04. The van der Waals surface area contributed by atoms with Crippen molar-refractivity contribution in [2.24, 2.45) is 0 Å². The van der Waals surface area contributed by atoms with Gasteiger partial charge in [-0.2, -0.15) is 0 Å². The third-order valence-corrected chi connectivity index (χ3v) is 5.99. The van der Waals surface area contributed by atoms with Gasteiger partial charge in [0.2, 0.25) is 0 Å². The number of hydrogen-bond acceptors (Lipinski definition) is 6. The first-order valence-electron chi connectivity index (χ1n) is 11.1. The van der Waals surface area contributed by atoms with Gasteiger partial charge in [0.05, 0.1) is 14.2 Å². The molecule has 1 aromatic heterocycles. The van der Waals surface area contributed by atoms with Crippen LogP contribution in [0, 0.1) is 0 Å². The summed E-state index contributed by atoms with van der Waals surface area (Å²) in [6, 6.07) is 15.1. The maximum atomic E-state index is 12.3. The number of benzene rings is 2. The van der Waals surface area contributed by atoms with Crippen LogP contribution >= 0.6 is 0 Å². The van der Waals surface area contributed by atoms with Crippen molar-refractivity contribution in [3.63, 3.8) is 0 Å². The Morgan fingerprint density at radius 1 is 1.12 bits per heavy atom. The van der Waals surface area contributed by atoms with E-state index >= 15 is 0 Å². The van der Waals surface area contributed by atoms with Crippen LogP contribution < -0.4 is 9.47 Å². The zero-order valence-corrected chi connectivity index (χ0v) is 19.2. The summed E-state index contributed by atoms with van der Waals surface area (Å²) in [7, 11) is 3.27. The molecule has 1 aliphatic rings. The molecular weight excluding hydrogens is 422 g/mol. The molecule has 174 valence electrons. The number of para-hydroxylation sites is 1. The number of hydrogen-bond donors (Lipinski definition) is 1. The van der Waals surface area contributed by atoms with E-state index in [2.05, 4.69) is 0 Å². The van der Waals surface area contributed by atoms with Crippen LogP contribution in [-0.4, -0.2) is 60.0 Å². The van der Waals surface area contributed by atoms with Gasteiger partial charge in [0.15, 0.2) is 11.7 Å². The number of likely N-dealkylation sites (tertiary alicyclic amines) is 1. The van der Waals surface area contributed by atoms with E-state index in [0.717, 1.165) is 33.4 Å². The van der Waals surface area contributed by atoms with Crippen LogP contribution in [-0.2, 0) is 0 Å². The Morgan fingerprint density at radius 3 is 2.45 bits per heavy atom. The van der Waals surface area contributed by atoms with Gasteiger partial charge in [0.25, 0.3) is 0 Å². The molecule has 1 aliphatic heterocycles. The van der Waals surface area contributed by atoms with Crippen molar-refractivity contribution >= 4 is 6.03 Å². The number of carbonyl (C=O) groups excluding carboxylic acids is 1. The van der Waals surface area contributed by atoms with E-state index < -0.39 is 0 Å². The molecule has 3 aromatic rings. The standard InChI is InChI=1S/C25H29N3O5/c1-4-28(30)25(29)27-15-13-18(14-16-27)24-26-22(20-7-5-6-8-21(20)32-3)23(33-24)17-9-11-19(31-2)12-10-17/h5-12,18,30H,4,13-16H2,1-3H3. The van der Waals surface area contributed by atoms with Crippen LogP contribution in [0.1, 0.15) is 31.6 Å². The van der Waals surface area contributed by atoms with Gasteiger partial charge in [-0.3, -0.25) is 5.21 Å². The fraction of sp³-hybridized carbons (Fsp3) is 0.360. The Kier molecular flexibility index (Phi) is 6.84. The molecule has 1 fully saturated rings. The second kappa shape index (κ2) is 9.95. The molecule has 0 atom stereocenters.